The summed E-state index contributed by atoms with van der Waals surface area (Å²) in [5, 5.41) is 15.5. The summed E-state index contributed by atoms with van der Waals surface area (Å²) in [6, 6.07) is 14.3. The summed E-state index contributed by atoms with van der Waals surface area (Å²) in [7, 11) is 0. The molecular formula is C20H24N6O. The van der Waals surface area contributed by atoms with Gasteiger partial charge in [0.15, 0.2) is 11.5 Å². The lowest BCUT2D eigenvalue weighted by Crippen LogP contribution is -2.41. The molecule has 1 fully saturated rings. The predicted octanol–water partition coefficient (Wildman–Crippen LogP) is 2.33. The van der Waals surface area contributed by atoms with Crippen molar-refractivity contribution in [1.29, 1.82) is 0 Å². The van der Waals surface area contributed by atoms with Crippen LogP contribution < -0.4 is 5.32 Å². The highest BCUT2D eigenvalue weighted by Crippen LogP contribution is 2.21. The Morgan fingerprint density at radius 1 is 1.11 bits per heavy atom. The lowest BCUT2D eigenvalue weighted by molar-refractivity contribution is -0.130. The van der Waals surface area contributed by atoms with E-state index < -0.39 is 0 Å². The van der Waals surface area contributed by atoms with Crippen molar-refractivity contribution >= 4 is 17.4 Å². The number of nitrogens with one attached hydrogen (secondary N) is 1. The minimum absolute atomic E-state index is 0.121. The van der Waals surface area contributed by atoms with E-state index in [2.05, 4.69) is 50.9 Å². The fraction of sp³-hybridized carbons (Fsp3) is 0.400. The van der Waals surface area contributed by atoms with Crippen molar-refractivity contribution in [3.63, 3.8) is 0 Å². The number of amides is 1. The lowest BCUT2D eigenvalue weighted by Gasteiger charge is -2.32. The molecule has 4 rings (SSSR count). The Morgan fingerprint density at radius 3 is 2.67 bits per heavy atom. The van der Waals surface area contributed by atoms with E-state index in [0.29, 0.717) is 17.4 Å². The number of benzene rings is 1. The van der Waals surface area contributed by atoms with Crippen LogP contribution in [0.3, 0.4) is 0 Å². The van der Waals surface area contributed by atoms with Gasteiger partial charge in [0.2, 0.25) is 5.91 Å². The maximum atomic E-state index is 12.5. The molecule has 1 amide bonds. The highest BCUT2D eigenvalue weighted by Gasteiger charge is 2.22. The summed E-state index contributed by atoms with van der Waals surface area (Å²) in [5.41, 5.74) is 2.08. The van der Waals surface area contributed by atoms with E-state index in [1.165, 1.54) is 5.56 Å². The topological polar surface area (TPSA) is 75.4 Å². The Bertz CT molecular complexity index is 915. The molecule has 1 saturated heterocycles. The number of nitrogens with zero attached hydrogens (tertiary/aromatic N) is 5. The van der Waals surface area contributed by atoms with Crippen LogP contribution in [0.1, 0.15) is 24.2 Å². The summed E-state index contributed by atoms with van der Waals surface area (Å²) in [5.74, 6) is 2.15. The SMILES string of the molecule is Cc1nnc2ccc(NCC(=O)N3CCC(Cc4ccccc4)CC3)nn12. The Hall–Kier alpha value is -2.96. The first-order valence-corrected chi connectivity index (χ1v) is 9.43. The highest BCUT2D eigenvalue weighted by molar-refractivity contribution is 5.80. The number of piperidine rings is 1. The molecule has 27 heavy (non-hydrogen) atoms. The highest BCUT2D eigenvalue weighted by atomic mass is 16.2. The number of likely N-dealkylation sites (tertiary alicyclic amines) is 1. The van der Waals surface area contributed by atoms with Gasteiger partial charge in [0, 0.05) is 13.1 Å². The summed E-state index contributed by atoms with van der Waals surface area (Å²) in [6.45, 7) is 3.76. The van der Waals surface area contributed by atoms with Crippen LogP contribution >= 0.6 is 0 Å². The molecule has 1 aromatic carbocycles. The van der Waals surface area contributed by atoms with Gasteiger partial charge in [-0.25, -0.2) is 0 Å². The minimum Gasteiger partial charge on any atom is -0.360 e. The van der Waals surface area contributed by atoms with E-state index in [-0.39, 0.29) is 12.5 Å². The monoisotopic (exact) mass is 364 g/mol. The maximum absolute atomic E-state index is 12.5. The van der Waals surface area contributed by atoms with Crippen LogP contribution in [0.4, 0.5) is 5.82 Å². The zero-order valence-electron chi connectivity index (χ0n) is 15.5. The number of anilines is 1. The molecule has 0 unspecified atom stereocenters. The van der Waals surface area contributed by atoms with Crippen LogP contribution in [0.15, 0.2) is 42.5 Å². The number of fused-ring (bicyclic) bond motifs is 1. The van der Waals surface area contributed by atoms with Crippen molar-refractivity contribution in [2.75, 3.05) is 25.0 Å². The van der Waals surface area contributed by atoms with E-state index in [9.17, 15) is 4.79 Å². The molecule has 0 spiro atoms. The number of hydrogen-bond donors (Lipinski definition) is 1. The molecule has 1 N–H and O–H groups in total. The molecule has 3 heterocycles. The summed E-state index contributed by atoms with van der Waals surface area (Å²) >= 11 is 0. The third-order valence-electron chi connectivity index (χ3n) is 5.17. The van der Waals surface area contributed by atoms with Gasteiger partial charge >= 0.3 is 0 Å². The van der Waals surface area contributed by atoms with Gasteiger partial charge in [0.25, 0.3) is 0 Å². The first kappa shape index (κ1) is 17.5. The third-order valence-corrected chi connectivity index (χ3v) is 5.17. The molecule has 0 aliphatic carbocycles. The van der Waals surface area contributed by atoms with Crippen molar-refractivity contribution in [1.82, 2.24) is 24.7 Å². The van der Waals surface area contributed by atoms with Crippen LogP contribution in [-0.2, 0) is 11.2 Å². The Morgan fingerprint density at radius 2 is 1.89 bits per heavy atom. The van der Waals surface area contributed by atoms with Crippen LogP contribution in [0.25, 0.3) is 5.65 Å². The van der Waals surface area contributed by atoms with Crippen molar-refractivity contribution in [2.45, 2.75) is 26.2 Å². The molecule has 0 atom stereocenters. The molecule has 2 aromatic heterocycles. The van der Waals surface area contributed by atoms with Gasteiger partial charge in [-0.05, 0) is 49.8 Å². The maximum Gasteiger partial charge on any atom is 0.241 e. The number of aryl methyl sites for hydroxylation is 1. The summed E-state index contributed by atoms with van der Waals surface area (Å²) in [6.07, 6.45) is 3.22. The average Bonchev–Trinajstić information content (AvgIpc) is 3.08. The fourth-order valence-corrected chi connectivity index (χ4v) is 3.60. The molecule has 1 aliphatic heterocycles. The van der Waals surface area contributed by atoms with Gasteiger partial charge < -0.3 is 10.2 Å². The largest absolute Gasteiger partial charge is 0.360 e. The van der Waals surface area contributed by atoms with Crippen LogP contribution in [0.2, 0.25) is 0 Å². The number of carbonyl (C=O) groups is 1. The van der Waals surface area contributed by atoms with Gasteiger partial charge in [0.1, 0.15) is 5.82 Å². The number of carbonyl (C=O) groups excluding carboxylic acids is 1. The number of aromatic nitrogens is 4. The molecule has 7 nitrogen and oxygen atoms in total. The average molecular weight is 364 g/mol. The number of rotatable bonds is 5. The van der Waals surface area contributed by atoms with Crippen LogP contribution in [-0.4, -0.2) is 50.3 Å². The van der Waals surface area contributed by atoms with Gasteiger partial charge in [-0.15, -0.1) is 15.3 Å². The Labute approximate surface area is 158 Å². The van der Waals surface area contributed by atoms with Gasteiger partial charge in [-0.1, -0.05) is 30.3 Å². The van der Waals surface area contributed by atoms with Crippen molar-refractivity contribution in [3.8, 4) is 0 Å². The van der Waals surface area contributed by atoms with E-state index in [1.54, 1.807) is 4.52 Å². The van der Waals surface area contributed by atoms with Gasteiger partial charge in [0.05, 0.1) is 6.54 Å². The summed E-state index contributed by atoms with van der Waals surface area (Å²) in [4.78, 5) is 14.5. The molecule has 7 heteroatoms. The number of hydrogen-bond acceptors (Lipinski definition) is 5. The smallest absolute Gasteiger partial charge is 0.241 e. The zero-order chi connectivity index (χ0) is 18.6. The quantitative estimate of drug-likeness (QED) is 0.752. The standard InChI is InChI=1S/C20H24N6O/c1-15-22-23-19-8-7-18(24-26(15)19)21-14-20(27)25-11-9-17(10-12-25)13-16-5-3-2-4-6-16/h2-8,17H,9-14H2,1H3,(H,21,24). The Balaban J connectivity index is 1.27. The van der Waals surface area contributed by atoms with Crippen LogP contribution in [0, 0.1) is 12.8 Å². The predicted molar refractivity (Wildman–Crippen MR) is 103 cm³/mol. The third kappa shape index (κ3) is 4.07. The van der Waals surface area contributed by atoms with Gasteiger partial charge in [-0.3, -0.25) is 4.79 Å². The second-order valence-electron chi connectivity index (χ2n) is 7.10. The van der Waals surface area contributed by atoms with Crippen molar-refractivity contribution in [3.05, 3.63) is 53.9 Å². The lowest BCUT2D eigenvalue weighted by atomic mass is 9.90. The van der Waals surface area contributed by atoms with E-state index in [0.717, 1.165) is 38.2 Å². The molecule has 140 valence electrons. The molecule has 0 saturated carbocycles. The molecule has 0 bridgehead atoms. The summed E-state index contributed by atoms with van der Waals surface area (Å²) < 4.78 is 1.67. The molecular weight excluding hydrogens is 340 g/mol. The normalized spacial score (nSPS) is 15.2. The second-order valence-corrected chi connectivity index (χ2v) is 7.10. The van der Waals surface area contributed by atoms with Gasteiger partial charge in [-0.2, -0.15) is 4.52 Å². The first-order chi connectivity index (χ1) is 13.2. The Kier molecular flexibility index (Phi) is 5.00. The second kappa shape index (κ2) is 7.73. The molecule has 3 aromatic rings. The van der Waals surface area contributed by atoms with Crippen molar-refractivity contribution < 1.29 is 4.79 Å². The van der Waals surface area contributed by atoms with Crippen molar-refractivity contribution in [2.24, 2.45) is 5.92 Å². The minimum atomic E-state index is 0.121. The first-order valence-electron chi connectivity index (χ1n) is 9.43. The van der Waals surface area contributed by atoms with Crippen LogP contribution in [0.5, 0.6) is 0 Å². The van der Waals surface area contributed by atoms with E-state index in [4.69, 9.17) is 0 Å². The molecule has 1 aliphatic rings. The molecule has 0 radical (unpaired) electrons. The fourth-order valence-electron chi connectivity index (χ4n) is 3.60. The van der Waals surface area contributed by atoms with E-state index >= 15 is 0 Å². The zero-order valence-corrected chi connectivity index (χ0v) is 15.5. The van der Waals surface area contributed by atoms with E-state index in [1.807, 2.05) is 24.0 Å².